The molecule has 27 heavy (non-hydrogen) atoms. The van der Waals surface area contributed by atoms with Crippen molar-refractivity contribution in [1.82, 2.24) is 4.57 Å². The first kappa shape index (κ1) is 19.2. The largest absolute Gasteiger partial charge is 0.497 e. The molecule has 0 aliphatic heterocycles. The van der Waals surface area contributed by atoms with Gasteiger partial charge in [-0.05, 0) is 36.8 Å². The van der Waals surface area contributed by atoms with Crippen molar-refractivity contribution in [2.24, 2.45) is 4.99 Å². The number of thiazole rings is 1. The number of nitrogens with zero attached hydrogens (tertiary/aromatic N) is 2. The molecular formula is C20H19ClN2O3S. The SMILES string of the molecule is C=CCn1c(=NC(=O)c2cc(OC)cc(OC)c2)sc2ccc(Cl)c(C)c21. The summed E-state index contributed by atoms with van der Waals surface area (Å²) in [5.41, 5.74) is 2.30. The second kappa shape index (κ2) is 7.98. The molecule has 140 valence electrons. The number of methoxy groups -OCH3 is 2. The van der Waals surface area contributed by atoms with Crippen LogP contribution >= 0.6 is 22.9 Å². The molecule has 5 nitrogen and oxygen atoms in total. The van der Waals surface area contributed by atoms with Crippen molar-refractivity contribution in [3.8, 4) is 11.5 Å². The molecule has 7 heteroatoms. The Bertz CT molecular complexity index is 1080. The molecule has 0 bridgehead atoms. The lowest BCUT2D eigenvalue weighted by Crippen LogP contribution is -2.16. The van der Waals surface area contributed by atoms with Crippen molar-refractivity contribution in [2.75, 3.05) is 14.2 Å². The van der Waals surface area contributed by atoms with Crippen molar-refractivity contribution in [1.29, 1.82) is 0 Å². The summed E-state index contributed by atoms with van der Waals surface area (Å²) in [6, 6.07) is 8.78. The molecule has 0 aliphatic carbocycles. The maximum absolute atomic E-state index is 12.8. The van der Waals surface area contributed by atoms with Gasteiger partial charge in [0.25, 0.3) is 5.91 Å². The van der Waals surface area contributed by atoms with Crippen molar-refractivity contribution >= 4 is 39.1 Å². The average Bonchev–Trinajstić information content (AvgIpc) is 3.02. The molecule has 3 rings (SSSR count). The van der Waals surface area contributed by atoms with Gasteiger partial charge in [0.05, 0.1) is 24.4 Å². The van der Waals surface area contributed by atoms with Crippen LogP contribution in [0.1, 0.15) is 15.9 Å². The second-order valence-corrected chi connectivity index (χ2v) is 7.24. The highest BCUT2D eigenvalue weighted by Gasteiger charge is 2.13. The number of hydrogen-bond acceptors (Lipinski definition) is 4. The van der Waals surface area contributed by atoms with Gasteiger partial charge in [-0.15, -0.1) is 6.58 Å². The van der Waals surface area contributed by atoms with E-state index < -0.39 is 0 Å². The normalized spacial score (nSPS) is 11.6. The Hall–Kier alpha value is -2.57. The predicted molar refractivity (Wildman–Crippen MR) is 109 cm³/mol. The molecule has 0 spiro atoms. The summed E-state index contributed by atoms with van der Waals surface area (Å²) in [7, 11) is 3.08. The Morgan fingerprint density at radius 2 is 1.93 bits per heavy atom. The second-order valence-electron chi connectivity index (χ2n) is 5.82. The number of halogens is 1. The molecule has 1 heterocycles. The number of aryl methyl sites for hydroxylation is 1. The molecule has 0 fully saturated rings. The number of hydrogen-bond donors (Lipinski definition) is 0. The van der Waals surface area contributed by atoms with Gasteiger partial charge < -0.3 is 14.0 Å². The van der Waals surface area contributed by atoms with Crippen molar-refractivity contribution < 1.29 is 14.3 Å². The van der Waals surface area contributed by atoms with Gasteiger partial charge in [0.2, 0.25) is 0 Å². The van der Waals surface area contributed by atoms with E-state index in [1.165, 1.54) is 25.6 Å². The van der Waals surface area contributed by atoms with Gasteiger partial charge in [0.15, 0.2) is 4.80 Å². The summed E-state index contributed by atoms with van der Waals surface area (Å²) in [5, 5.41) is 0.675. The number of benzene rings is 2. The Morgan fingerprint density at radius 3 is 2.52 bits per heavy atom. The van der Waals surface area contributed by atoms with Crippen molar-refractivity contribution in [2.45, 2.75) is 13.5 Å². The standard InChI is InChI=1S/C20H19ClN2O3S/c1-5-8-23-18-12(2)16(21)6-7-17(18)27-20(23)22-19(24)13-9-14(25-3)11-15(10-13)26-4/h5-7,9-11H,1,8H2,2-4H3. The fourth-order valence-electron chi connectivity index (χ4n) is 2.78. The van der Waals surface area contributed by atoms with Crippen LogP contribution in [0.4, 0.5) is 0 Å². The van der Waals surface area contributed by atoms with E-state index in [0.29, 0.717) is 33.4 Å². The summed E-state index contributed by atoms with van der Waals surface area (Å²) in [5.74, 6) is 0.692. The topological polar surface area (TPSA) is 52.8 Å². The highest BCUT2D eigenvalue weighted by atomic mass is 35.5. The van der Waals surface area contributed by atoms with Crippen LogP contribution < -0.4 is 14.3 Å². The lowest BCUT2D eigenvalue weighted by atomic mass is 10.2. The van der Waals surface area contributed by atoms with Gasteiger partial charge in [-0.1, -0.05) is 29.0 Å². The zero-order chi connectivity index (χ0) is 19.6. The number of aromatic nitrogens is 1. The molecule has 0 N–H and O–H groups in total. The van der Waals surface area contributed by atoms with Crippen LogP contribution in [0, 0.1) is 6.92 Å². The van der Waals surface area contributed by atoms with Crippen LogP contribution in [-0.4, -0.2) is 24.7 Å². The maximum atomic E-state index is 12.8. The number of allylic oxidation sites excluding steroid dienone is 1. The number of rotatable bonds is 5. The van der Waals surface area contributed by atoms with Gasteiger partial charge >= 0.3 is 0 Å². The summed E-state index contributed by atoms with van der Waals surface area (Å²) >= 11 is 7.71. The predicted octanol–water partition coefficient (Wildman–Crippen LogP) is 4.61. The molecule has 0 radical (unpaired) electrons. The minimum absolute atomic E-state index is 0.375. The molecule has 3 aromatic rings. The third kappa shape index (κ3) is 3.77. The lowest BCUT2D eigenvalue weighted by Gasteiger charge is -2.07. The van der Waals surface area contributed by atoms with Crippen molar-refractivity contribution in [3.05, 3.63) is 63.9 Å². The molecule has 0 saturated heterocycles. The smallest absolute Gasteiger partial charge is 0.279 e. The van der Waals surface area contributed by atoms with Gasteiger partial charge in [0, 0.05) is 23.2 Å². The van der Waals surface area contributed by atoms with Crippen LogP contribution in [-0.2, 0) is 6.54 Å². The van der Waals surface area contributed by atoms with E-state index in [-0.39, 0.29) is 5.91 Å². The number of carbonyl (C=O) groups is 1. The van der Waals surface area contributed by atoms with E-state index in [1.807, 2.05) is 23.6 Å². The third-order valence-corrected chi connectivity index (χ3v) is 5.59. The molecule has 0 aliphatic rings. The quantitative estimate of drug-likeness (QED) is 0.585. The minimum atomic E-state index is -0.375. The van der Waals surface area contributed by atoms with Gasteiger partial charge in [0.1, 0.15) is 11.5 Å². The molecule has 0 unspecified atom stereocenters. The van der Waals surface area contributed by atoms with E-state index in [4.69, 9.17) is 21.1 Å². The van der Waals surface area contributed by atoms with Crippen LogP contribution in [0.2, 0.25) is 5.02 Å². The summed E-state index contributed by atoms with van der Waals surface area (Å²) < 4.78 is 13.4. The fraction of sp³-hybridized carbons (Fsp3) is 0.200. The molecular weight excluding hydrogens is 384 g/mol. The number of ether oxygens (including phenoxy) is 2. The van der Waals surface area contributed by atoms with Gasteiger partial charge in [-0.3, -0.25) is 4.79 Å². The molecule has 1 aromatic heterocycles. The summed E-state index contributed by atoms with van der Waals surface area (Å²) in [6.45, 7) is 6.29. The first-order chi connectivity index (χ1) is 13.0. The van der Waals surface area contributed by atoms with Crippen LogP contribution in [0.5, 0.6) is 11.5 Å². The first-order valence-electron chi connectivity index (χ1n) is 8.20. The van der Waals surface area contributed by atoms with Gasteiger partial charge in [-0.2, -0.15) is 4.99 Å². The highest BCUT2D eigenvalue weighted by molar-refractivity contribution is 7.16. The first-order valence-corrected chi connectivity index (χ1v) is 9.39. The van der Waals surface area contributed by atoms with E-state index >= 15 is 0 Å². The Kier molecular flexibility index (Phi) is 5.68. The monoisotopic (exact) mass is 402 g/mol. The van der Waals surface area contributed by atoms with E-state index in [0.717, 1.165) is 15.8 Å². The van der Waals surface area contributed by atoms with Crippen LogP contribution in [0.3, 0.4) is 0 Å². The van der Waals surface area contributed by atoms with E-state index in [9.17, 15) is 4.79 Å². The van der Waals surface area contributed by atoms with Gasteiger partial charge in [-0.25, -0.2) is 0 Å². The third-order valence-electron chi connectivity index (χ3n) is 4.14. The molecule has 0 saturated carbocycles. The zero-order valence-electron chi connectivity index (χ0n) is 15.3. The summed E-state index contributed by atoms with van der Waals surface area (Å²) in [4.78, 5) is 17.7. The maximum Gasteiger partial charge on any atom is 0.279 e. The van der Waals surface area contributed by atoms with Crippen LogP contribution in [0.25, 0.3) is 10.2 Å². The average molecular weight is 403 g/mol. The van der Waals surface area contributed by atoms with Crippen molar-refractivity contribution in [3.63, 3.8) is 0 Å². The minimum Gasteiger partial charge on any atom is -0.497 e. The zero-order valence-corrected chi connectivity index (χ0v) is 16.9. The number of fused-ring (bicyclic) bond motifs is 1. The van der Waals surface area contributed by atoms with E-state index in [1.54, 1.807) is 24.3 Å². The number of carbonyl (C=O) groups excluding carboxylic acids is 1. The molecule has 0 atom stereocenters. The fourth-order valence-corrected chi connectivity index (χ4v) is 4.03. The Balaban J connectivity index is 2.18. The molecule has 1 amide bonds. The lowest BCUT2D eigenvalue weighted by molar-refractivity contribution is 0.0997. The molecule has 2 aromatic carbocycles. The van der Waals surface area contributed by atoms with Crippen LogP contribution in [0.15, 0.2) is 48.0 Å². The Morgan fingerprint density at radius 1 is 1.26 bits per heavy atom. The number of amides is 1. The highest BCUT2D eigenvalue weighted by Crippen LogP contribution is 2.27. The van der Waals surface area contributed by atoms with E-state index in [2.05, 4.69) is 11.6 Å². The summed E-state index contributed by atoms with van der Waals surface area (Å²) in [6.07, 6.45) is 1.77. The Labute approximate surface area is 166 Å².